The van der Waals surface area contributed by atoms with Gasteiger partial charge in [-0.05, 0) is 68.9 Å². The van der Waals surface area contributed by atoms with Crippen LogP contribution >= 0.6 is 0 Å². The number of pyridine rings is 1. The molecule has 1 saturated heterocycles. The SMILES string of the molecule is CC1CCC(N)CN1C(=O)c1ccc2c(c1)nc(-c1cc3ccc(OC(F)F)nc3n1CC1CC1)n2C. The second kappa shape index (κ2) is 9.09. The number of alkyl halides is 2. The summed E-state index contributed by atoms with van der Waals surface area (Å²) < 4.78 is 34.2. The molecule has 2 unspecified atom stereocenters. The maximum Gasteiger partial charge on any atom is 0.388 e. The van der Waals surface area contributed by atoms with Gasteiger partial charge in [0.15, 0.2) is 5.82 Å². The van der Waals surface area contributed by atoms with Gasteiger partial charge in [-0.25, -0.2) is 4.98 Å². The fourth-order valence-electron chi connectivity index (χ4n) is 5.34. The molecule has 0 spiro atoms. The van der Waals surface area contributed by atoms with Crippen LogP contribution in [0.4, 0.5) is 8.78 Å². The van der Waals surface area contributed by atoms with E-state index in [0.717, 1.165) is 60.2 Å². The Morgan fingerprint density at radius 2 is 1.95 bits per heavy atom. The molecule has 2 aliphatic rings. The van der Waals surface area contributed by atoms with Crippen molar-refractivity contribution in [1.29, 1.82) is 0 Å². The van der Waals surface area contributed by atoms with Crippen LogP contribution in [0.5, 0.6) is 5.88 Å². The summed E-state index contributed by atoms with van der Waals surface area (Å²) in [4.78, 5) is 24.5. The maximum atomic E-state index is 13.3. The number of carbonyl (C=O) groups excluding carboxylic acids is 1. The molecule has 37 heavy (non-hydrogen) atoms. The number of imidazole rings is 1. The molecule has 4 heterocycles. The number of hydrogen-bond donors (Lipinski definition) is 1. The molecule has 1 amide bonds. The molecule has 1 aromatic carbocycles. The number of fused-ring (bicyclic) bond motifs is 2. The van der Waals surface area contributed by atoms with Gasteiger partial charge in [-0.1, -0.05) is 0 Å². The highest BCUT2D eigenvalue weighted by atomic mass is 19.3. The molecule has 2 fully saturated rings. The first-order chi connectivity index (χ1) is 17.8. The van der Waals surface area contributed by atoms with Crippen molar-refractivity contribution in [3.05, 3.63) is 42.0 Å². The second-order valence-corrected chi connectivity index (χ2v) is 10.4. The third-order valence-electron chi connectivity index (χ3n) is 7.60. The quantitative estimate of drug-likeness (QED) is 0.413. The smallest absolute Gasteiger partial charge is 0.388 e. The number of piperidine rings is 1. The third-order valence-corrected chi connectivity index (χ3v) is 7.60. The minimum Gasteiger partial charge on any atom is -0.417 e. The number of amides is 1. The zero-order valence-electron chi connectivity index (χ0n) is 20.9. The average Bonchev–Trinajstić information content (AvgIpc) is 3.55. The van der Waals surface area contributed by atoms with Crippen molar-refractivity contribution in [2.24, 2.45) is 18.7 Å². The highest BCUT2D eigenvalue weighted by molar-refractivity contribution is 5.98. The number of halogens is 2. The lowest BCUT2D eigenvalue weighted by molar-refractivity contribution is -0.0526. The molecular weight excluding hydrogens is 478 g/mol. The number of rotatable bonds is 6. The van der Waals surface area contributed by atoms with E-state index in [0.29, 0.717) is 23.7 Å². The van der Waals surface area contributed by atoms with Gasteiger partial charge in [0.05, 0.1) is 16.7 Å². The standard InChI is InChI=1S/C27H30F2N6O2/c1-15-3-8-19(30)14-34(15)26(36)18-6-9-21-20(11-18)31-25(33(21)2)22-12-17-7-10-23(37-27(28)29)32-24(17)35(22)13-16-4-5-16/h6-7,9-12,15-16,19,27H,3-5,8,13-14,30H2,1-2H3. The summed E-state index contributed by atoms with van der Waals surface area (Å²) in [7, 11) is 1.94. The molecule has 8 nitrogen and oxygen atoms in total. The molecule has 3 aromatic heterocycles. The van der Waals surface area contributed by atoms with Crippen LogP contribution in [0, 0.1) is 5.92 Å². The summed E-state index contributed by atoms with van der Waals surface area (Å²) in [6.45, 7) is 0.406. The van der Waals surface area contributed by atoms with Crippen molar-refractivity contribution in [3.63, 3.8) is 0 Å². The van der Waals surface area contributed by atoms with E-state index in [-0.39, 0.29) is 23.9 Å². The van der Waals surface area contributed by atoms with Crippen LogP contribution < -0.4 is 10.5 Å². The van der Waals surface area contributed by atoms with Crippen molar-refractivity contribution in [2.45, 2.75) is 57.8 Å². The van der Waals surface area contributed by atoms with Gasteiger partial charge < -0.3 is 24.5 Å². The van der Waals surface area contributed by atoms with Gasteiger partial charge in [0.1, 0.15) is 5.65 Å². The Labute approximate surface area is 213 Å². The Balaban J connectivity index is 1.41. The van der Waals surface area contributed by atoms with Crippen LogP contribution in [0.2, 0.25) is 0 Å². The summed E-state index contributed by atoms with van der Waals surface area (Å²) in [6, 6.07) is 10.9. The number of hydrogen-bond acceptors (Lipinski definition) is 5. The first-order valence-electron chi connectivity index (χ1n) is 12.8. The average molecular weight is 509 g/mol. The van der Waals surface area contributed by atoms with Gasteiger partial charge in [0.2, 0.25) is 5.88 Å². The van der Waals surface area contributed by atoms with E-state index in [1.165, 1.54) is 6.07 Å². The van der Waals surface area contributed by atoms with E-state index in [1.54, 1.807) is 6.07 Å². The van der Waals surface area contributed by atoms with Crippen LogP contribution in [0.1, 0.15) is 43.0 Å². The lowest BCUT2D eigenvalue weighted by Crippen LogP contribution is -2.50. The molecule has 194 valence electrons. The molecule has 2 N–H and O–H groups in total. The minimum atomic E-state index is -2.93. The summed E-state index contributed by atoms with van der Waals surface area (Å²) in [5.74, 6) is 1.11. The van der Waals surface area contributed by atoms with E-state index in [2.05, 4.69) is 21.2 Å². The predicted molar refractivity (Wildman–Crippen MR) is 137 cm³/mol. The monoisotopic (exact) mass is 508 g/mol. The van der Waals surface area contributed by atoms with Crippen LogP contribution in [0.15, 0.2) is 36.4 Å². The van der Waals surface area contributed by atoms with Gasteiger partial charge in [-0.15, -0.1) is 0 Å². The van der Waals surface area contributed by atoms with Gasteiger partial charge in [0, 0.05) is 49.2 Å². The number of nitrogens with zero attached hydrogens (tertiary/aromatic N) is 5. The normalized spacial score (nSPS) is 20.3. The molecule has 10 heteroatoms. The fraction of sp³-hybridized carbons (Fsp3) is 0.444. The number of benzene rings is 1. The summed E-state index contributed by atoms with van der Waals surface area (Å²) in [5, 5.41) is 0.829. The van der Waals surface area contributed by atoms with Gasteiger partial charge >= 0.3 is 6.61 Å². The Kier molecular flexibility index (Phi) is 5.86. The zero-order valence-corrected chi connectivity index (χ0v) is 20.9. The number of likely N-dealkylation sites (tertiary alicyclic amines) is 1. The molecule has 1 aliphatic heterocycles. The van der Waals surface area contributed by atoms with Crippen molar-refractivity contribution >= 4 is 28.0 Å². The zero-order chi connectivity index (χ0) is 25.8. The topological polar surface area (TPSA) is 91.2 Å². The molecule has 0 bridgehead atoms. The Morgan fingerprint density at radius 1 is 1.14 bits per heavy atom. The first-order valence-corrected chi connectivity index (χ1v) is 12.8. The van der Waals surface area contributed by atoms with E-state index in [9.17, 15) is 13.6 Å². The Bertz CT molecular complexity index is 1490. The Hall–Kier alpha value is -3.53. The molecular formula is C27H30F2N6O2. The van der Waals surface area contributed by atoms with E-state index >= 15 is 0 Å². The van der Waals surface area contributed by atoms with Crippen molar-refractivity contribution in [1.82, 2.24) is 24.0 Å². The molecule has 4 aromatic rings. The lowest BCUT2D eigenvalue weighted by atomic mass is 9.99. The summed E-state index contributed by atoms with van der Waals surface area (Å²) in [5.41, 5.74) is 9.79. The van der Waals surface area contributed by atoms with Crippen molar-refractivity contribution in [3.8, 4) is 17.4 Å². The fourth-order valence-corrected chi connectivity index (χ4v) is 5.34. The third kappa shape index (κ3) is 4.43. The highest BCUT2D eigenvalue weighted by Crippen LogP contribution is 2.36. The number of carbonyl (C=O) groups is 1. The van der Waals surface area contributed by atoms with Crippen molar-refractivity contribution < 1.29 is 18.3 Å². The first kappa shape index (κ1) is 23.8. The van der Waals surface area contributed by atoms with E-state index in [4.69, 9.17) is 10.7 Å². The van der Waals surface area contributed by atoms with Crippen LogP contribution in [-0.2, 0) is 13.6 Å². The molecule has 0 radical (unpaired) electrons. The van der Waals surface area contributed by atoms with E-state index in [1.807, 2.05) is 40.8 Å². The maximum absolute atomic E-state index is 13.3. The van der Waals surface area contributed by atoms with Crippen LogP contribution in [0.25, 0.3) is 33.6 Å². The number of nitrogens with two attached hydrogens (primary N) is 1. The summed E-state index contributed by atoms with van der Waals surface area (Å²) >= 11 is 0. The number of aromatic nitrogens is 4. The molecule has 6 rings (SSSR count). The Morgan fingerprint density at radius 3 is 2.70 bits per heavy atom. The largest absolute Gasteiger partial charge is 0.417 e. The van der Waals surface area contributed by atoms with Crippen molar-refractivity contribution in [2.75, 3.05) is 6.54 Å². The van der Waals surface area contributed by atoms with Crippen LogP contribution in [-0.4, -0.2) is 55.1 Å². The van der Waals surface area contributed by atoms with Gasteiger partial charge in [0.25, 0.3) is 5.91 Å². The molecule has 1 aliphatic carbocycles. The number of ether oxygens (including phenoxy) is 1. The van der Waals surface area contributed by atoms with Gasteiger partial charge in [-0.2, -0.15) is 13.8 Å². The van der Waals surface area contributed by atoms with Gasteiger partial charge in [-0.3, -0.25) is 4.79 Å². The molecule has 1 saturated carbocycles. The molecule has 2 atom stereocenters. The minimum absolute atomic E-state index is 0.000982. The second-order valence-electron chi connectivity index (χ2n) is 10.4. The summed E-state index contributed by atoms with van der Waals surface area (Å²) in [6.07, 6.45) is 4.07. The lowest BCUT2D eigenvalue weighted by Gasteiger charge is -2.36. The van der Waals surface area contributed by atoms with E-state index < -0.39 is 6.61 Å². The predicted octanol–water partition coefficient (Wildman–Crippen LogP) is 4.55. The highest BCUT2D eigenvalue weighted by Gasteiger charge is 2.29. The van der Waals surface area contributed by atoms with Crippen LogP contribution in [0.3, 0.4) is 0 Å². The number of aryl methyl sites for hydroxylation is 1.